The van der Waals surface area contributed by atoms with Crippen molar-refractivity contribution in [3.8, 4) is 0 Å². The third kappa shape index (κ3) is 2.98. The Morgan fingerprint density at radius 2 is 1.93 bits per heavy atom. The van der Waals surface area contributed by atoms with Crippen molar-refractivity contribution in [1.29, 1.82) is 0 Å². The molecule has 0 aliphatic carbocycles. The van der Waals surface area contributed by atoms with Crippen LogP contribution in [0.4, 0.5) is 0 Å². The van der Waals surface area contributed by atoms with Crippen LogP contribution in [0.15, 0.2) is 0 Å². The summed E-state index contributed by atoms with van der Waals surface area (Å²) in [5, 5.41) is 9.12. The standard InChI is InChI=1S/C11H23NO2/c1-6-8-9(3)12(7-2)11(4,5)10(13)14/h9H,6-8H2,1-5H3,(H,13,14). The summed E-state index contributed by atoms with van der Waals surface area (Å²) < 4.78 is 0. The van der Waals surface area contributed by atoms with Crippen LogP contribution in [0, 0.1) is 0 Å². The molecule has 0 aromatic carbocycles. The predicted octanol–water partition coefficient (Wildman–Crippen LogP) is 2.36. The summed E-state index contributed by atoms with van der Waals surface area (Å²) in [7, 11) is 0. The van der Waals surface area contributed by atoms with Gasteiger partial charge in [-0.15, -0.1) is 0 Å². The molecule has 1 unspecified atom stereocenters. The number of hydrogen-bond acceptors (Lipinski definition) is 2. The second-order valence-electron chi connectivity index (χ2n) is 4.29. The highest BCUT2D eigenvalue weighted by atomic mass is 16.4. The Morgan fingerprint density at radius 1 is 1.43 bits per heavy atom. The second-order valence-corrected chi connectivity index (χ2v) is 4.29. The molecule has 0 aromatic heterocycles. The Morgan fingerprint density at radius 3 is 2.21 bits per heavy atom. The molecule has 0 fully saturated rings. The molecule has 0 saturated heterocycles. The molecule has 0 aliphatic rings. The maximum absolute atomic E-state index is 11.1. The molecule has 0 saturated carbocycles. The van der Waals surface area contributed by atoms with E-state index in [1.54, 1.807) is 13.8 Å². The van der Waals surface area contributed by atoms with E-state index in [0.717, 1.165) is 19.4 Å². The van der Waals surface area contributed by atoms with Crippen LogP contribution in [-0.4, -0.2) is 34.1 Å². The highest BCUT2D eigenvalue weighted by molar-refractivity contribution is 5.77. The van der Waals surface area contributed by atoms with Gasteiger partial charge in [0.15, 0.2) is 0 Å². The van der Waals surface area contributed by atoms with Crippen LogP contribution in [0.2, 0.25) is 0 Å². The van der Waals surface area contributed by atoms with Gasteiger partial charge in [-0.05, 0) is 33.7 Å². The maximum atomic E-state index is 11.1. The van der Waals surface area contributed by atoms with Gasteiger partial charge in [-0.1, -0.05) is 20.3 Å². The molecule has 1 atom stereocenters. The number of carbonyl (C=O) groups is 1. The summed E-state index contributed by atoms with van der Waals surface area (Å²) >= 11 is 0. The van der Waals surface area contributed by atoms with E-state index in [4.69, 9.17) is 5.11 Å². The minimum absolute atomic E-state index is 0.330. The zero-order valence-corrected chi connectivity index (χ0v) is 10.0. The van der Waals surface area contributed by atoms with Crippen molar-refractivity contribution in [3.63, 3.8) is 0 Å². The van der Waals surface area contributed by atoms with Gasteiger partial charge in [0, 0.05) is 6.04 Å². The van der Waals surface area contributed by atoms with Crippen molar-refractivity contribution >= 4 is 5.97 Å². The number of carboxylic acids is 1. The van der Waals surface area contributed by atoms with Crippen molar-refractivity contribution in [3.05, 3.63) is 0 Å². The topological polar surface area (TPSA) is 40.5 Å². The van der Waals surface area contributed by atoms with E-state index in [2.05, 4.69) is 13.8 Å². The summed E-state index contributed by atoms with van der Waals surface area (Å²) in [6.45, 7) is 10.5. The summed E-state index contributed by atoms with van der Waals surface area (Å²) in [4.78, 5) is 13.1. The van der Waals surface area contributed by atoms with Crippen LogP contribution in [0.3, 0.4) is 0 Å². The number of rotatable bonds is 6. The first kappa shape index (κ1) is 13.4. The van der Waals surface area contributed by atoms with E-state index >= 15 is 0 Å². The van der Waals surface area contributed by atoms with Gasteiger partial charge in [0.2, 0.25) is 0 Å². The smallest absolute Gasteiger partial charge is 0.323 e. The van der Waals surface area contributed by atoms with Gasteiger partial charge in [0.25, 0.3) is 0 Å². The van der Waals surface area contributed by atoms with Gasteiger partial charge in [-0.2, -0.15) is 0 Å². The van der Waals surface area contributed by atoms with Crippen LogP contribution in [-0.2, 0) is 4.79 Å². The second kappa shape index (κ2) is 5.35. The van der Waals surface area contributed by atoms with Gasteiger partial charge in [-0.25, -0.2) is 0 Å². The summed E-state index contributed by atoms with van der Waals surface area (Å²) in [5.41, 5.74) is -0.761. The first-order valence-corrected chi connectivity index (χ1v) is 5.38. The van der Waals surface area contributed by atoms with E-state index in [0.29, 0.717) is 6.04 Å². The van der Waals surface area contributed by atoms with Crippen molar-refractivity contribution in [2.45, 2.75) is 59.0 Å². The van der Waals surface area contributed by atoms with E-state index in [1.165, 1.54) is 0 Å². The van der Waals surface area contributed by atoms with Crippen molar-refractivity contribution < 1.29 is 9.90 Å². The molecule has 0 amide bonds. The summed E-state index contributed by atoms with van der Waals surface area (Å²) in [5.74, 6) is -0.748. The molecule has 0 radical (unpaired) electrons. The molecule has 0 aromatic rings. The average Bonchev–Trinajstić information content (AvgIpc) is 2.04. The molecular weight excluding hydrogens is 178 g/mol. The molecule has 0 heterocycles. The average molecular weight is 201 g/mol. The zero-order valence-electron chi connectivity index (χ0n) is 10.0. The Balaban J connectivity index is 4.61. The Bertz CT molecular complexity index is 190. The first-order chi connectivity index (χ1) is 6.37. The molecule has 84 valence electrons. The fourth-order valence-electron chi connectivity index (χ4n) is 1.95. The fraction of sp³-hybridized carbons (Fsp3) is 0.909. The van der Waals surface area contributed by atoms with E-state index < -0.39 is 11.5 Å². The van der Waals surface area contributed by atoms with Gasteiger partial charge in [0.1, 0.15) is 5.54 Å². The SMILES string of the molecule is CCCC(C)N(CC)C(C)(C)C(=O)O. The number of likely N-dealkylation sites (N-methyl/N-ethyl adjacent to an activating group) is 1. The monoisotopic (exact) mass is 201 g/mol. The van der Waals surface area contributed by atoms with Crippen molar-refractivity contribution in [1.82, 2.24) is 4.90 Å². The number of nitrogens with zero attached hydrogens (tertiary/aromatic N) is 1. The summed E-state index contributed by atoms with van der Waals surface area (Å²) in [6.07, 6.45) is 2.14. The lowest BCUT2D eigenvalue weighted by molar-refractivity contribution is -0.150. The predicted molar refractivity (Wildman–Crippen MR) is 58.5 cm³/mol. The van der Waals surface area contributed by atoms with E-state index in [-0.39, 0.29) is 0 Å². The molecule has 14 heavy (non-hydrogen) atoms. The van der Waals surface area contributed by atoms with Crippen LogP contribution >= 0.6 is 0 Å². The minimum Gasteiger partial charge on any atom is -0.480 e. The number of carboxylic acid groups (broad SMARTS) is 1. The highest BCUT2D eigenvalue weighted by Crippen LogP contribution is 2.20. The first-order valence-electron chi connectivity index (χ1n) is 5.38. The summed E-state index contributed by atoms with van der Waals surface area (Å²) in [6, 6.07) is 0.330. The quantitative estimate of drug-likeness (QED) is 0.717. The Kier molecular flexibility index (Phi) is 5.13. The molecule has 3 heteroatoms. The molecule has 0 bridgehead atoms. The van der Waals surface area contributed by atoms with Crippen molar-refractivity contribution in [2.75, 3.05) is 6.54 Å². The molecule has 1 N–H and O–H groups in total. The molecule has 0 spiro atoms. The third-order valence-corrected chi connectivity index (χ3v) is 2.82. The van der Waals surface area contributed by atoms with Gasteiger partial charge < -0.3 is 5.11 Å². The molecular formula is C11H23NO2. The molecule has 3 nitrogen and oxygen atoms in total. The Labute approximate surface area is 87.1 Å². The lowest BCUT2D eigenvalue weighted by atomic mass is 9.99. The maximum Gasteiger partial charge on any atom is 0.323 e. The lowest BCUT2D eigenvalue weighted by Gasteiger charge is -2.38. The van der Waals surface area contributed by atoms with E-state index in [1.807, 2.05) is 11.8 Å². The van der Waals surface area contributed by atoms with Crippen LogP contribution in [0.1, 0.15) is 47.5 Å². The third-order valence-electron chi connectivity index (χ3n) is 2.82. The van der Waals surface area contributed by atoms with Crippen LogP contribution < -0.4 is 0 Å². The fourth-order valence-corrected chi connectivity index (χ4v) is 1.95. The lowest BCUT2D eigenvalue weighted by Crippen LogP contribution is -2.53. The normalized spacial score (nSPS) is 14.4. The van der Waals surface area contributed by atoms with Gasteiger partial charge in [-0.3, -0.25) is 9.69 Å². The van der Waals surface area contributed by atoms with Crippen LogP contribution in [0.5, 0.6) is 0 Å². The van der Waals surface area contributed by atoms with Gasteiger partial charge >= 0.3 is 5.97 Å². The van der Waals surface area contributed by atoms with Crippen LogP contribution in [0.25, 0.3) is 0 Å². The highest BCUT2D eigenvalue weighted by Gasteiger charge is 2.35. The minimum atomic E-state index is -0.761. The van der Waals surface area contributed by atoms with E-state index in [9.17, 15) is 4.79 Å². The van der Waals surface area contributed by atoms with Crippen molar-refractivity contribution in [2.24, 2.45) is 0 Å². The Hall–Kier alpha value is -0.570. The molecule has 0 aliphatic heterocycles. The van der Waals surface area contributed by atoms with Gasteiger partial charge in [0.05, 0.1) is 0 Å². The molecule has 0 rings (SSSR count). The largest absolute Gasteiger partial charge is 0.480 e. The number of aliphatic carboxylic acids is 1. The number of hydrogen-bond donors (Lipinski definition) is 1. The zero-order chi connectivity index (χ0) is 11.4.